The van der Waals surface area contributed by atoms with Gasteiger partial charge in [0.05, 0.1) is 23.7 Å². The first-order valence-electron chi connectivity index (χ1n) is 9.50. The van der Waals surface area contributed by atoms with Crippen LogP contribution in [0.25, 0.3) is 0 Å². The van der Waals surface area contributed by atoms with E-state index in [1.807, 2.05) is 6.07 Å². The average Bonchev–Trinajstić information content (AvgIpc) is 2.68. The molecule has 3 heterocycles. The third-order valence-corrected chi connectivity index (χ3v) is 5.64. The molecular weight excluding hydrogens is 378 g/mol. The molecule has 6 nitrogen and oxygen atoms in total. The lowest BCUT2D eigenvalue weighted by Gasteiger charge is -2.31. The van der Waals surface area contributed by atoms with Crippen molar-refractivity contribution < 1.29 is 14.3 Å². The fourth-order valence-corrected chi connectivity index (χ4v) is 4.29. The Bertz CT molecular complexity index is 987. The van der Waals surface area contributed by atoms with E-state index in [0.717, 1.165) is 36.9 Å². The fourth-order valence-electron chi connectivity index (χ4n) is 4.06. The van der Waals surface area contributed by atoms with Gasteiger partial charge in [-0.3, -0.25) is 0 Å². The molecule has 1 aliphatic carbocycles. The molecule has 0 unspecified atom stereocenters. The van der Waals surface area contributed by atoms with Gasteiger partial charge in [-0.05, 0) is 51.2 Å². The largest absolute Gasteiger partial charge is 0.463 e. The first kappa shape index (κ1) is 18.7. The van der Waals surface area contributed by atoms with E-state index < -0.39 is 11.9 Å². The summed E-state index contributed by atoms with van der Waals surface area (Å²) >= 11 is 6.43. The molecule has 1 aliphatic heterocycles. The number of nitrogen functional groups attached to an aromatic ring is 1. The molecule has 2 aromatic heterocycles. The minimum atomic E-state index is -0.538. The van der Waals surface area contributed by atoms with E-state index in [2.05, 4.69) is 4.98 Å². The van der Waals surface area contributed by atoms with Crippen molar-refractivity contribution in [2.75, 3.05) is 12.3 Å². The number of carbonyl (C=O) groups excluding carboxylic acids is 1. The summed E-state index contributed by atoms with van der Waals surface area (Å²) in [5, 5.41) is 0.312. The first-order valence-corrected chi connectivity index (χ1v) is 9.88. The second kappa shape index (κ2) is 7.43. The summed E-state index contributed by atoms with van der Waals surface area (Å²) in [4.78, 5) is 21.8. The third kappa shape index (κ3) is 3.02. The second-order valence-electron chi connectivity index (χ2n) is 6.99. The number of anilines is 1. The fraction of sp³-hybridized carbons (Fsp3) is 0.381. The van der Waals surface area contributed by atoms with Crippen molar-refractivity contribution in [1.82, 2.24) is 9.97 Å². The van der Waals surface area contributed by atoms with Crippen LogP contribution in [0, 0.1) is 0 Å². The number of nitrogens with two attached hydrogens (primary N) is 1. The van der Waals surface area contributed by atoms with Gasteiger partial charge in [0.2, 0.25) is 5.88 Å². The highest BCUT2D eigenvalue weighted by Crippen LogP contribution is 2.48. The van der Waals surface area contributed by atoms with Crippen LogP contribution in [0.2, 0.25) is 5.15 Å². The van der Waals surface area contributed by atoms with Crippen LogP contribution in [0.3, 0.4) is 0 Å². The summed E-state index contributed by atoms with van der Waals surface area (Å²) in [6.07, 6.45) is 5.50. The Kier molecular flexibility index (Phi) is 4.98. The van der Waals surface area contributed by atoms with Gasteiger partial charge in [-0.25, -0.2) is 14.8 Å². The Morgan fingerprint density at radius 2 is 2.18 bits per heavy atom. The van der Waals surface area contributed by atoms with Crippen molar-refractivity contribution in [1.29, 1.82) is 0 Å². The van der Waals surface area contributed by atoms with E-state index in [1.54, 1.807) is 26.1 Å². The van der Waals surface area contributed by atoms with Gasteiger partial charge in [-0.15, -0.1) is 0 Å². The van der Waals surface area contributed by atoms with Crippen LogP contribution in [-0.4, -0.2) is 22.5 Å². The van der Waals surface area contributed by atoms with Gasteiger partial charge in [-0.2, -0.15) is 0 Å². The summed E-state index contributed by atoms with van der Waals surface area (Å²) in [7, 11) is 0. The number of halogens is 1. The number of fused-ring (bicyclic) bond motifs is 2. The zero-order valence-electron chi connectivity index (χ0n) is 15.9. The number of hydrogen-bond donors (Lipinski definition) is 1. The standard InChI is InChI=1S/C21H22ClN3O3/c1-3-27-21(26)15-11(2)28-20-17(16(15)13-8-6-10-24-19(13)22)18(23)12-7-4-5-9-14(12)25-20/h6,8,10,16H,3-5,7,9H2,1-2H3,(H2,23,25)/t16-/m0/s1. The van der Waals surface area contributed by atoms with Gasteiger partial charge in [0, 0.05) is 23.1 Å². The van der Waals surface area contributed by atoms with Crippen molar-refractivity contribution in [2.24, 2.45) is 0 Å². The number of aromatic nitrogens is 2. The smallest absolute Gasteiger partial charge is 0.338 e. The highest BCUT2D eigenvalue weighted by atomic mass is 35.5. The maximum atomic E-state index is 12.8. The van der Waals surface area contributed by atoms with Crippen LogP contribution < -0.4 is 10.5 Å². The number of hydrogen-bond acceptors (Lipinski definition) is 6. The monoisotopic (exact) mass is 399 g/mol. The van der Waals surface area contributed by atoms with E-state index >= 15 is 0 Å². The lowest BCUT2D eigenvalue weighted by Crippen LogP contribution is -2.26. The third-order valence-electron chi connectivity index (χ3n) is 5.32. The van der Waals surface area contributed by atoms with Crippen molar-refractivity contribution in [2.45, 2.75) is 45.4 Å². The SMILES string of the molecule is CCOC(=O)C1=C(C)Oc2nc3c(c(N)c2[C@H]1c1cccnc1Cl)CCCC3. The Hall–Kier alpha value is -2.60. The quantitative estimate of drug-likeness (QED) is 0.621. The molecule has 7 heteroatoms. The summed E-state index contributed by atoms with van der Waals surface area (Å²) in [6.45, 7) is 3.77. The zero-order chi connectivity index (χ0) is 19.8. The molecule has 0 spiro atoms. The molecule has 0 fully saturated rings. The van der Waals surface area contributed by atoms with Gasteiger partial charge in [0.15, 0.2) is 0 Å². The first-order chi connectivity index (χ1) is 13.5. The van der Waals surface area contributed by atoms with Gasteiger partial charge < -0.3 is 15.2 Å². The Balaban J connectivity index is 1.98. The van der Waals surface area contributed by atoms with Crippen LogP contribution in [0.15, 0.2) is 29.7 Å². The molecule has 28 heavy (non-hydrogen) atoms. The van der Waals surface area contributed by atoms with Crippen molar-refractivity contribution in [3.05, 3.63) is 57.2 Å². The van der Waals surface area contributed by atoms with E-state index in [0.29, 0.717) is 39.2 Å². The van der Waals surface area contributed by atoms with E-state index in [-0.39, 0.29) is 6.61 Å². The number of rotatable bonds is 3. The van der Waals surface area contributed by atoms with Crippen LogP contribution in [0.1, 0.15) is 55.0 Å². The maximum Gasteiger partial charge on any atom is 0.338 e. The molecular formula is C21H22ClN3O3. The highest BCUT2D eigenvalue weighted by molar-refractivity contribution is 6.30. The number of allylic oxidation sites excluding steroid dienone is 1. The average molecular weight is 400 g/mol. The van der Waals surface area contributed by atoms with Crippen LogP contribution >= 0.6 is 11.6 Å². The summed E-state index contributed by atoms with van der Waals surface area (Å²) in [5.74, 6) is -0.108. The van der Waals surface area contributed by atoms with Gasteiger partial charge in [0.1, 0.15) is 10.9 Å². The maximum absolute atomic E-state index is 12.8. The molecule has 2 aromatic rings. The van der Waals surface area contributed by atoms with E-state index in [1.165, 1.54) is 0 Å². The van der Waals surface area contributed by atoms with Crippen LogP contribution in [0.4, 0.5) is 5.69 Å². The van der Waals surface area contributed by atoms with Crippen molar-refractivity contribution >= 4 is 23.3 Å². The number of ether oxygens (including phenoxy) is 2. The van der Waals surface area contributed by atoms with Gasteiger partial charge >= 0.3 is 5.97 Å². The molecule has 0 aromatic carbocycles. The Morgan fingerprint density at radius 1 is 1.39 bits per heavy atom. The highest BCUT2D eigenvalue weighted by Gasteiger charge is 2.39. The molecule has 0 saturated carbocycles. The molecule has 2 aliphatic rings. The Labute approximate surface area is 168 Å². The van der Waals surface area contributed by atoms with Crippen LogP contribution in [0.5, 0.6) is 5.88 Å². The predicted molar refractivity (Wildman–Crippen MR) is 106 cm³/mol. The molecule has 0 bridgehead atoms. The van der Waals surface area contributed by atoms with Crippen LogP contribution in [-0.2, 0) is 22.4 Å². The zero-order valence-corrected chi connectivity index (χ0v) is 16.7. The predicted octanol–water partition coefficient (Wildman–Crippen LogP) is 3.95. The molecule has 4 rings (SSSR count). The summed E-state index contributed by atoms with van der Waals surface area (Å²) in [5.41, 5.74) is 11.0. The van der Waals surface area contributed by atoms with E-state index in [4.69, 9.17) is 31.8 Å². The normalized spacial score (nSPS) is 18.2. The van der Waals surface area contributed by atoms with Crippen molar-refractivity contribution in [3.63, 3.8) is 0 Å². The lowest BCUT2D eigenvalue weighted by molar-refractivity contribution is -0.139. The topological polar surface area (TPSA) is 87.3 Å². The molecule has 2 N–H and O–H groups in total. The lowest BCUT2D eigenvalue weighted by atomic mass is 9.80. The summed E-state index contributed by atoms with van der Waals surface area (Å²) in [6, 6.07) is 3.64. The second-order valence-corrected chi connectivity index (χ2v) is 7.34. The molecule has 0 radical (unpaired) electrons. The van der Waals surface area contributed by atoms with Gasteiger partial charge in [0.25, 0.3) is 0 Å². The Morgan fingerprint density at radius 3 is 2.93 bits per heavy atom. The minimum Gasteiger partial charge on any atom is -0.463 e. The number of aryl methyl sites for hydroxylation is 1. The molecule has 0 amide bonds. The number of carbonyl (C=O) groups is 1. The molecule has 146 valence electrons. The molecule has 1 atom stereocenters. The number of esters is 1. The number of nitrogens with zero attached hydrogens (tertiary/aromatic N) is 2. The van der Waals surface area contributed by atoms with E-state index in [9.17, 15) is 4.79 Å². The number of pyridine rings is 2. The summed E-state index contributed by atoms with van der Waals surface area (Å²) < 4.78 is 11.3. The molecule has 0 saturated heterocycles. The van der Waals surface area contributed by atoms with Crippen molar-refractivity contribution in [3.8, 4) is 5.88 Å². The van der Waals surface area contributed by atoms with Gasteiger partial charge in [-0.1, -0.05) is 17.7 Å². The minimum absolute atomic E-state index is 0.258.